The Morgan fingerprint density at radius 1 is 0.875 bits per heavy atom. The summed E-state index contributed by atoms with van der Waals surface area (Å²) in [5.74, 6) is 0.654. The second kappa shape index (κ2) is 10.1. The van der Waals surface area contributed by atoms with Crippen molar-refractivity contribution in [2.75, 3.05) is 30.3 Å². The van der Waals surface area contributed by atoms with E-state index in [2.05, 4.69) is 12.1 Å². The van der Waals surface area contributed by atoms with Crippen molar-refractivity contribution in [3.05, 3.63) is 65.7 Å². The lowest BCUT2D eigenvalue weighted by molar-refractivity contribution is -0.156. The Morgan fingerprint density at radius 2 is 1.47 bits per heavy atom. The zero-order valence-electron chi connectivity index (χ0n) is 18.0. The second-order valence-electron chi connectivity index (χ2n) is 8.32. The molecule has 0 spiro atoms. The van der Waals surface area contributed by atoms with Gasteiger partial charge in [0.05, 0.1) is 16.4 Å². The van der Waals surface area contributed by atoms with Gasteiger partial charge in [-0.2, -0.15) is 11.8 Å². The van der Waals surface area contributed by atoms with Gasteiger partial charge in [0.25, 0.3) is 5.91 Å². The van der Waals surface area contributed by atoms with E-state index >= 15 is 0 Å². The third-order valence-electron chi connectivity index (χ3n) is 6.03. The van der Waals surface area contributed by atoms with Gasteiger partial charge in [-0.15, -0.1) is 0 Å². The van der Waals surface area contributed by atoms with Crippen molar-refractivity contribution < 1.29 is 18.0 Å². The molecule has 0 N–H and O–H groups in total. The third kappa shape index (κ3) is 5.35. The summed E-state index contributed by atoms with van der Waals surface area (Å²) >= 11 is 1.30. The van der Waals surface area contributed by atoms with E-state index in [-0.39, 0.29) is 29.2 Å². The van der Waals surface area contributed by atoms with Crippen LogP contribution in [0.25, 0.3) is 0 Å². The highest BCUT2D eigenvalue weighted by Gasteiger charge is 2.33. The fourth-order valence-electron chi connectivity index (χ4n) is 4.43. The number of hydrogen-bond donors (Lipinski definition) is 0. The third-order valence-corrected chi connectivity index (χ3v) is 8.96. The summed E-state index contributed by atoms with van der Waals surface area (Å²) in [5.41, 5.74) is 2.64. The molecule has 0 aromatic heterocycles. The number of hydrogen-bond acceptors (Lipinski definition) is 5. The molecule has 1 fully saturated rings. The average molecular weight is 473 g/mol. The Balaban J connectivity index is 1.24. The van der Waals surface area contributed by atoms with E-state index in [0.29, 0.717) is 30.2 Å². The molecule has 1 aliphatic carbocycles. The number of benzene rings is 2. The van der Waals surface area contributed by atoms with Crippen molar-refractivity contribution in [3.8, 4) is 0 Å². The molecule has 32 heavy (non-hydrogen) atoms. The number of carbonyl (C=O) groups is 2. The van der Waals surface area contributed by atoms with Gasteiger partial charge in [0, 0.05) is 25.3 Å². The molecule has 2 aromatic rings. The zero-order valence-corrected chi connectivity index (χ0v) is 19.6. The van der Waals surface area contributed by atoms with E-state index in [1.807, 2.05) is 12.1 Å². The summed E-state index contributed by atoms with van der Waals surface area (Å²) < 4.78 is 24.7. The Labute approximate surface area is 193 Å². The lowest BCUT2D eigenvalue weighted by Crippen LogP contribution is -2.46. The highest BCUT2D eigenvalue weighted by atomic mass is 32.2. The van der Waals surface area contributed by atoms with E-state index in [1.54, 1.807) is 40.3 Å². The summed E-state index contributed by atoms with van der Waals surface area (Å²) in [4.78, 5) is 26.0. The summed E-state index contributed by atoms with van der Waals surface area (Å²) in [6.45, 7) is 1.11. The first-order chi connectivity index (χ1) is 15.4. The Morgan fingerprint density at radius 3 is 2.12 bits per heavy atom. The van der Waals surface area contributed by atoms with Gasteiger partial charge in [-0.05, 0) is 48.4 Å². The van der Waals surface area contributed by atoms with Crippen LogP contribution in [0.5, 0.6) is 0 Å². The van der Waals surface area contributed by atoms with Crippen LogP contribution >= 0.6 is 11.8 Å². The van der Waals surface area contributed by atoms with Crippen LogP contribution in [0.1, 0.15) is 24.0 Å². The van der Waals surface area contributed by atoms with Crippen LogP contribution < -0.4 is 0 Å². The summed E-state index contributed by atoms with van der Waals surface area (Å²) in [6.07, 6.45) is 3.04. The molecule has 0 atom stereocenters. The van der Waals surface area contributed by atoms with Gasteiger partial charge < -0.3 is 0 Å². The van der Waals surface area contributed by atoms with E-state index < -0.39 is 9.84 Å². The maximum Gasteiger partial charge on any atom is 0.251 e. The van der Waals surface area contributed by atoms with Crippen molar-refractivity contribution >= 4 is 33.4 Å². The molecule has 1 heterocycles. The maximum atomic E-state index is 12.9. The monoisotopic (exact) mass is 472 g/mol. The average Bonchev–Trinajstić information content (AvgIpc) is 3.44. The molecule has 0 unspecified atom stereocenters. The van der Waals surface area contributed by atoms with Gasteiger partial charge in [-0.25, -0.2) is 8.42 Å². The molecular weight excluding hydrogens is 444 g/mol. The first-order valence-corrected chi connectivity index (χ1v) is 13.8. The highest BCUT2D eigenvalue weighted by molar-refractivity contribution is 8.01. The normalized spacial score (nSPS) is 16.4. The van der Waals surface area contributed by atoms with Crippen molar-refractivity contribution in [2.45, 2.75) is 30.6 Å². The second-order valence-corrected chi connectivity index (χ2v) is 11.5. The number of thioether (sulfide) groups is 1. The SMILES string of the molecule is O=C(CSCCS(=O)(=O)c1ccccc1)N1CCCN1C(=O)CC1Cc2ccccc2C1. The van der Waals surface area contributed by atoms with E-state index in [9.17, 15) is 18.0 Å². The van der Waals surface area contributed by atoms with Crippen LogP contribution in [0.3, 0.4) is 0 Å². The molecule has 6 nitrogen and oxygen atoms in total. The fourth-order valence-corrected chi connectivity index (χ4v) is 7.05. The number of nitrogens with zero attached hydrogens (tertiary/aromatic N) is 2. The first-order valence-electron chi connectivity index (χ1n) is 11.0. The van der Waals surface area contributed by atoms with Crippen LogP contribution in [0.15, 0.2) is 59.5 Å². The van der Waals surface area contributed by atoms with E-state index in [4.69, 9.17) is 0 Å². The minimum absolute atomic E-state index is 0.00492. The molecule has 8 heteroatoms. The number of rotatable bonds is 8. The molecular formula is C24H28N2O4S2. The largest absolute Gasteiger partial charge is 0.273 e. The van der Waals surface area contributed by atoms with Crippen LogP contribution in [0, 0.1) is 5.92 Å². The van der Waals surface area contributed by atoms with Gasteiger partial charge in [0.2, 0.25) is 5.91 Å². The number of fused-ring (bicyclic) bond motifs is 1. The van der Waals surface area contributed by atoms with Crippen LogP contribution in [-0.2, 0) is 32.3 Å². The van der Waals surface area contributed by atoms with Crippen molar-refractivity contribution in [1.82, 2.24) is 10.0 Å². The number of hydrazine groups is 1. The first kappa shape index (κ1) is 22.9. The fraction of sp³-hybridized carbons (Fsp3) is 0.417. The predicted octanol–water partition coefficient (Wildman–Crippen LogP) is 2.97. The minimum Gasteiger partial charge on any atom is -0.273 e. The molecule has 1 aliphatic heterocycles. The molecule has 0 bridgehead atoms. The lowest BCUT2D eigenvalue weighted by Gasteiger charge is -2.28. The summed E-state index contributed by atoms with van der Waals surface area (Å²) in [5, 5.41) is 3.16. The van der Waals surface area contributed by atoms with Crippen LogP contribution in [-0.4, -0.2) is 60.6 Å². The van der Waals surface area contributed by atoms with Crippen molar-refractivity contribution in [1.29, 1.82) is 0 Å². The Bertz CT molecular complexity index is 1050. The molecule has 4 rings (SSSR count). The van der Waals surface area contributed by atoms with Gasteiger partial charge >= 0.3 is 0 Å². The molecule has 0 saturated carbocycles. The zero-order chi connectivity index (χ0) is 22.6. The van der Waals surface area contributed by atoms with Gasteiger partial charge in [-0.1, -0.05) is 42.5 Å². The highest BCUT2D eigenvalue weighted by Crippen LogP contribution is 2.29. The van der Waals surface area contributed by atoms with Gasteiger partial charge in [0.1, 0.15) is 0 Å². The van der Waals surface area contributed by atoms with Crippen molar-refractivity contribution in [2.24, 2.45) is 5.92 Å². The molecule has 170 valence electrons. The lowest BCUT2D eigenvalue weighted by atomic mass is 10.0. The van der Waals surface area contributed by atoms with Crippen LogP contribution in [0.4, 0.5) is 0 Å². The molecule has 0 radical (unpaired) electrons. The smallest absolute Gasteiger partial charge is 0.251 e. The molecule has 2 amide bonds. The number of amides is 2. The van der Waals surface area contributed by atoms with E-state index in [1.165, 1.54) is 22.9 Å². The Hall–Kier alpha value is -2.32. The summed E-state index contributed by atoms with van der Waals surface area (Å²) in [6, 6.07) is 16.7. The summed E-state index contributed by atoms with van der Waals surface area (Å²) in [7, 11) is -3.35. The number of sulfone groups is 1. The standard InChI is InChI=1S/C24H28N2O4S2/c27-23(17-19-15-20-7-4-5-8-21(20)16-19)25-11-6-12-26(25)24(28)18-31-13-14-32(29,30)22-9-2-1-3-10-22/h1-5,7-10,19H,6,11-18H2. The minimum atomic E-state index is -3.35. The van der Waals surface area contributed by atoms with Gasteiger partial charge in [0.15, 0.2) is 9.84 Å². The number of carbonyl (C=O) groups excluding carboxylic acids is 2. The van der Waals surface area contributed by atoms with Crippen molar-refractivity contribution in [3.63, 3.8) is 0 Å². The molecule has 1 saturated heterocycles. The maximum absolute atomic E-state index is 12.9. The predicted molar refractivity (Wildman–Crippen MR) is 126 cm³/mol. The topological polar surface area (TPSA) is 74.8 Å². The Kier molecular flexibility index (Phi) is 7.20. The van der Waals surface area contributed by atoms with E-state index in [0.717, 1.165) is 19.3 Å². The molecule has 2 aliphatic rings. The van der Waals surface area contributed by atoms with Gasteiger partial charge in [-0.3, -0.25) is 19.6 Å². The molecule has 2 aromatic carbocycles. The quantitative estimate of drug-likeness (QED) is 0.552. The van der Waals surface area contributed by atoms with Crippen LogP contribution in [0.2, 0.25) is 0 Å².